The number of nitrogens with one attached hydrogen (secondary N) is 2. The van der Waals surface area contributed by atoms with Crippen LogP contribution in [0.1, 0.15) is 18.4 Å². The van der Waals surface area contributed by atoms with Crippen LogP contribution in [0, 0.1) is 0 Å². The number of benzene rings is 2. The third kappa shape index (κ3) is 3.99. The van der Waals surface area contributed by atoms with E-state index in [0.717, 1.165) is 17.9 Å². The van der Waals surface area contributed by atoms with Crippen LogP contribution in [-0.2, 0) is 5.41 Å². The molecule has 1 aliphatic carbocycles. The van der Waals surface area contributed by atoms with E-state index in [9.17, 15) is 4.79 Å². The fraction of sp³-hybridized carbons (Fsp3) is 0.316. The molecule has 0 heterocycles. The van der Waals surface area contributed by atoms with Gasteiger partial charge in [0.25, 0.3) is 0 Å². The number of rotatable bonds is 6. The quantitative estimate of drug-likeness (QED) is 0.811. The fourth-order valence-corrected chi connectivity index (χ4v) is 2.97. The van der Waals surface area contributed by atoms with E-state index in [1.54, 1.807) is 32.4 Å². The number of anilines is 1. The molecule has 0 bridgehead atoms. The average Bonchev–Trinajstić information content (AvgIpc) is 3.42. The van der Waals surface area contributed by atoms with E-state index < -0.39 is 0 Å². The van der Waals surface area contributed by atoms with Gasteiger partial charge in [0.2, 0.25) is 0 Å². The summed E-state index contributed by atoms with van der Waals surface area (Å²) in [6, 6.07) is 12.8. The molecule has 0 aromatic heterocycles. The minimum atomic E-state index is -0.260. The first kappa shape index (κ1) is 17.4. The molecule has 1 fully saturated rings. The third-order valence-electron chi connectivity index (χ3n) is 4.55. The van der Waals surface area contributed by atoms with E-state index in [0.29, 0.717) is 23.7 Å². The molecule has 3 rings (SSSR count). The molecule has 1 saturated carbocycles. The van der Waals surface area contributed by atoms with Crippen molar-refractivity contribution in [3.05, 3.63) is 53.1 Å². The van der Waals surface area contributed by atoms with Gasteiger partial charge in [-0.25, -0.2) is 4.79 Å². The molecule has 2 N–H and O–H groups in total. The Balaban J connectivity index is 1.61. The molecule has 0 aliphatic heterocycles. The molecule has 1 aliphatic rings. The molecule has 2 aromatic carbocycles. The number of carbonyl (C=O) groups is 1. The van der Waals surface area contributed by atoms with E-state index in [4.69, 9.17) is 21.1 Å². The minimum absolute atomic E-state index is 0.0198. The smallest absolute Gasteiger partial charge is 0.319 e. The summed E-state index contributed by atoms with van der Waals surface area (Å²) in [6.45, 7) is 0.582. The maximum Gasteiger partial charge on any atom is 0.319 e. The SMILES string of the molecule is COc1ccc(NC(=O)NCC2(c3ccc(Cl)cc3)CC2)c(OC)c1. The van der Waals surface area contributed by atoms with Gasteiger partial charge in [-0.1, -0.05) is 23.7 Å². The number of methoxy groups -OCH3 is 2. The lowest BCUT2D eigenvalue weighted by Crippen LogP contribution is -2.35. The molecule has 2 aromatic rings. The molecule has 132 valence electrons. The number of hydrogen-bond acceptors (Lipinski definition) is 3. The van der Waals surface area contributed by atoms with Crippen molar-refractivity contribution in [3.8, 4) is 11.5 Å². The van der Waals surface area contributed by atoms with Crippen LogP contribution in [0.5, 0.6) is 11.5 Å². The van der Waals surface area contributed by atoms with Crippen molar-refractivity contribution >= 4 is 23.3 Å². The molecule has 6 heteroatoms. The zero-order chi connectivity index (χ0) is 17.9. The third-order valence-corrected chi connectivity index (χ3v) is 4.81. The van der Waals surface area contributed by atoms with Crippen LogP contribution >= 0.6 is 11.6 Å². The Labute approximate surface area is 152 Å². The van der Waals surface area contributed by atoms with Gasteiger partial charge in [-0.2, -0.15) is 0 Å². The normalized spacial score (nSPS) is 14.5. The van der Waals surface area contributed by atoms with E-state index in [1.807, 2.05) is 24.3 Å². The highest BCUT2D eigenvalue weighted by Crippen LogP contribution is 2.47. The number of ether oxygens (including phenoxy) is 2. The Morgan fingerprint density at radius 1 is 1.12 bits per heavy atom. The standard InChI is InChI=1S/C19H21ClN2O3/c1-24-15-7-8-16(17(11-15)25-2)22-18(23)21-12-19(9-10-19)13-3-5-14(20)6-4-13/h3-8,11H,9-10,12H2,1-2H3,(H2,21,22,23). The van der Waals surface area contributed by atoms with Crippen molar-refractivity contribution in [2.75, 3.05) is 26.1 Å². The van der Waals surface area contributed by atoms with Crippen molar-refractivity contribution in [2.45, 2.75) is 18.3 Å². The van der Waals surface area contributed by atoms with Gasteiger partial charge in [-0.05, 0) is 42.7 Å². The van der Waals surface area contributed by atoms with E-state index >= 15 is 0 Å². The van der Waals surface area contributed by atoms with Crippen LogP contribution in [0.3, 0.4) is 0 Å². The maximum atomic E-state index is 12.3. The van der Waals surface area contributed by atoms with Gasteiger partial charge in [-0.15, -0.1) is 0 Å². The van der Waals surface area contributed by atoms with E-state index in [2.05, 4.69) is 10.6 Å². The predicted octanol–water partition coefficient (Wildman–Crippen LogP) is 4.21. The van der Waals surface area contributed by atoms with Crippen LogP contribution in [0.4, 0.5) is 10.5 Å². The number of halogens is 1. The summed E-state index contributed by atoms with van der Waals surface area (Å²) < 4.78 is 10.4. The molecule has 0 atom stereocenters. The fourth-order valence-electron chi connectivity index (χ4n) is 2.84. The van der Waals surface area contributed by atoms with Crippen LogP contribution in [0.25, 0.3) is 0 Å². The molecule has 25 heavy (non-hydrogen) atoms. The summed E-state index contributed by atoms with van der Waals surface area (Å²) in [7, 11) is 3.14. The van der Waals surface area contributed by atoms with Crippen LogP contribution in [0.2, 0.25) is 5.02 Å². The Morgan fingerprint density at radius 2 is 1.84 bits per heavy atom. The number of urea groups is 1. The second-order valence-electron chi connectivity index (χ2n) is 6.16. The Hall–Kier alpha value is -2.40. The lowest BCUT2D eigenvalue weighted by atomic mass is 9.96. The number of hydrogen-bond donors (Lipinski definition) is 2. The molecule has 2 amide bonds. The Kier molecular flexibility index (Phi) is 5.04. The van der Waals surface area contributed by atoms with Crippen molar-refractivity contribution in [3.63, 3.8) is 0 Å². The zero-order valence-electron chi connectivity index (χ0n) is 14.3. The number of amides is 2. The van der Waals surface area contributed by atoms with Crippen LogP contribution in [0.15, 0.2) is 42.5 Å². The maximum absolute atomic E-state index is 12.3. The highest BCUT2D eigenvalue weighted by atomic mass is 35.5. The summed E-state index contributed by atoms with van der Waals surface area (Å²) in [6.07, 6.45) is 2.11. The summed E-state index contributed by atoms with van der Waals surface area (Å²) in [4.78, 5) is 12.3. The van der Waals surface area contributed by atoms with Gasteiger partial charge in [0, 0.05) is 23.0 Å². The molecular weight excluding hydrogens is 340 g/mol. The topological polar surface area (TPSA) is 59.6 Å². The van der Waals surface area contributed by atoms with Crippen molar-refractivity contribution < 1.29 is 14.3 Å². The average molecular weight is 361 g/mol. The van der Waals surface area contributed by atoms with Crippen LogP contribution < -0.4 is 20.1 Å². The Morgan fingerprint density at radius 3 is 2.44 bits per heavy atom. The van der Waals surface area contributed by atoms with Crippen molar-refractivity contribution in [1.29, 1.82) is 0 Å². The summed E-state index contributed by atoms with van der Waals surface area (Å²) >= 11 is 5.95. The molecular formula is C19H21ClN2O3. The lowest BCUT2D eigenvalue weighted by molar-refractivity contribution is 0.251. The van der Waals surface area contributed by atoms with Gasteiger partial charge in [0.1, 0.15) is 11.5 Å². The van der Waals surface area contributed by atoms with Gasteiger partial charge in [0.15, 0.2) is 0 Å². The highest BCUT2D eigenvalue weighted by Gasteiger charge is 2.44. The molecule has 0 unspecified atom stereocenters. The monoisotopic (exact) mass is 360 g/mol. The summed E-state index contributed by atoms with van der Waals surface area (Å²) in [5, 5.41) is 6.50. The Bertz CT molecular complexity index is 758. The highest BCUT2D eigenvalue weighted by molar-refractivity contribution is 6.30. The van der Waals surface area contributed by atoms with E-state index in [-0.39, 0.29) is 11.4 Å². The second kappa shape index (κ2) is 7.23. The molecule has 0 spiro atoms. The predicted molar refractivity (Wildman–Crippen MR) is 98.9 cm³/mol. The summed E-state index contributed by atoms with van der Waals surface area (Å²) in [5.74, 6) is 1.22. The van der Waals surface area contributed by atoms with E-state index in [1.165, 1.54) is 5.56 Å². The summed E-state index contributed by atoms with van der Waals surface area (Å²) in [5.41, 5.74) is 1.82. The lowest BCUT2D eigenvalue weighted by Gasteiger charge is -2.18. The van der Waals surface area contributed by atoms with Gasteiger partial charge in [-0.3, -0.25) is 0 Å². The van der Waals surface area contributed by atoms with Crippen LogP contribution in [-0.4, -0.2) is 26.8 Å². The first-order valence-corrected chi connectivity index (χ1v) is 8.47. The largest absolute Gasteiger partial charge is 0.497 e. The molecule has 0 radical (unpaired) electrons. The van der Waals surface area contributed by atoms with Crippen molar-refractivity contribution in [2.24, 2.45) is 0 Å². The number of carbonyl (C=O) groups excluding carboxylic acids is 1. The van der Waals surface area contributed by atoms with Gasteiger partial charge in [0.05, 0.1) is 19.9 Å². The van der Waals surface area contributed by atoms with Crippen molar-refractivity contribution in [1.82, 2.24) is 5.32 Å². The van der Waals surface area contributed by atoms with Gasteiger partial charge < -0.3 is 20.1 Å². The van der Waals surface area contributed by atoms with Gasteiger partial charge >= 0.3 is 6.03 Å². The molecule has 5 nitrogen and oxygen atoms in total. The molecule has 0 saturated heterocycles. The zero-order valence-corrected chi connectivity index (χ0v) is 15.0. The second-order valence-corrected chi connectivity index (χ2v) is 6.60. The first-order chi connectivity index (χ1) is 12.1. The minimum Gasteiger partial charge on any atom is -0.497 e. The first-order valence-electron chi connectivity index (χ1n) is 8.09.